The van der Waals surface area contributed by atoms with Gasteiger partial charge in [-0.05, 0) is 25.5 Å². The van der Waals surface area contributed by atoms with Gasteiger partial charge in [0, 0.05) is 43.1 Å². The maximum Gasteiger partial charge on any atom is 0.155 e. The van der Waals surface area contributed by atoms with E-state index in [9.17, 15) is 9.90 Å². The molecule has 7 heteroatoms. The van der Waals surface area contributed by atoms with Crippen LogP contribution in [0.4, 0.5) is 0 Å². The van der Waals surface area contributed by atoms with Crippen LogP contribution in [0.1, 0.15) is 41.1 Å². The highest BCUT2D eigenvalue weighted by Crippen LogP contribution is 2.20. The Kier molecular flexibility index (Phi) is 4.55. The van der Waals surface area contributed by atoms with Crippen molar-refractivity contribution in [1.29, 1.82) is 5.26 Å². The quantitative estimate of drug-likeness (QED) is 0.761. The first-order valence-corrected chi connectivity index (χ1v) is 7.86. The number of hydrogen-bond acceptors (Lipinski definition) is 6. The maximum atomic E-state index is 12.4. The Morgan fingerprint density at radius 1 is 1.32 bits per heavy atom. The van der Waals surface area contributed by atoms with Gasteiger partial charge < -0.3 is 5.11 Å². The Morgan fingerprint density at radius 2 is 2.12 bits per heavy atom. The second kappa shape index (κ2) is 6.79. The molecule has 3 aromatic rings. The Morgan fingerprint density at radius 3 is 2.84 bits per heavy atom. The average molecular weight is 335 g/mol. The molecule has 0 bridgehead atoms. The van der Waals surface area contributed by atoms with Gasteiger partial charge in [0.15, 0.2) is 5.65 Å². The van der Waals surface area contributed by atoms with Crippen molar-refractivity contribution < 1.29 is 9.90 Å². The molecule has 0 fully saturated rings. The number of hydrogen-bond donors (Lipinski definition) is 1. The Bertz CT molecular complexity index is 985. The summed E-state index contributed by atoms with van der Waals surface area (Å²) in [5, 5.41) is 23.4. The summed E-state index contributed by atoms with van der Waals surface area (Å²) >= 11 is 0. The van der Waals surface area contributed by atoms with Gasteiger partial charge in [-0.15, -0.1) is 0 Å². The molecule has 0 aromatic carbocycles. The van der Waals surface area contributed by atoms with Crippen molar-refractivity contribution >= 4 is 11.4 Å². The van der Waals surface area contributed by atoms with Crippen molar-refractivity contribution in [3.8, 4) is 6.07 Å². The van der Waals surface area contributed by atoms with E-state index in [1.807, 2.05) is 19.1 Å². The van der Waals surface area contributed by atoms with Gasteiger partial charge in [-0.2, -0.15) is 10.4 Å². The zero-order chi connectivity index (χ0) is 18.0. The number of aliphatic hydroxyl groups is 1. The molecule has 3 rings (SSSR count). The zero-order valence-electron chi connectivity index (χ0n) is 14.0. The molecule has 7 nitrogen and oxygen atoms in total. The average Bonchev–Trinajstić information content (AvgIpc) is 2.94. The number of aromatic nitrogens is 4. The van der Waals surface area contributed by atoms with Crippen LogP contribution >= 0.6 is 0 Å². The molecule has 0 saturated carbocycles. The van der Waals surface area contributed by atoms with E-state index in [-0.39, 0.29) is 18.6 Å². The summed E-state index contributed by atoms with van der Waals surface area (Å²) in [5.74, 6) is -0.0520. The standard InChI is InChI=1S/C18H17N5O2/c1-11-3-17-21-10-15(18(12(2)24)23(17)22-11)6-16(25)5-13-4-14(7-19)9-20-8-13/h3-4,8-10,12,24H,5-6H2,1-2H3/t12-/m0/s1. The second-order valence-electron chi connectivity index (χ2n) is 5.99. The summed E-state index contributed by atoms with van der Waals surface area (Å²) < 4.78 is 1.58. The van der Waals surface area contributed by atoms with Crippen LogP contribution in [0.15, 0.2) is 30.7 Å². The zero-order valence-corrected chi connectivity index (χ0v) is 14.0. The van der Waals surface area contributed by atoms with Gasteiger partial charge in [-0.25, -0.2) is 9.50 Å². The number of nitrogens with zero attached hydrogens (tertiary/aromatic N) is 5. The van der Waals surface area contributed by atoms with E-state index in [0.29, 0.717) is 28.0 Å². The maximum absolute atomic E-state index is 12.4. The fraction of sp³-hybridized carbons (Fsp3) is 0.278. The summed E-state index contributed by atoms with van der Waals surface area (Å²) in [4.78, 5) is 20.7. The van der Waals surface area contributed by atoms with E-state index in [0.717, 1.165) is 5.69 Å². The minimum absolute atomic E-state index is 0.0520. The normalized spacial score (nSPS) is 12.1. The van der Waals surface area contributed by atoms with Gasteiger partial charge in [0.2, 0.25) is 0 Å². The van der Waals surface area contributed by atoms with Gasteiger partial charge in [0.05, 0.1) is 23.1 Å². The highest BCUT2D eigenvalue weighted by molar-refractivity contribution is 5.83. The number of rotatable bonds is 5. The van der Waals surface area contributed by atoms with E-state index in [4.69, 9.17) is 5.26 Å². The number of carbonyl (C=O) groups is 1. The molecule has 0 aliphatic heterocycles. The molecule has 0 aliphatic carbocycles. The number of aryl methyl sites for hydroxylation is 1. The first-order valence-electron chi connectivity index (χ1n) is 7.86. The molecule has 0 unspecified atom stereocenters. The van der Waals surface area contributed by atoms with Crippen molar-refractivity contribution in [3.05, 3.63) is 58.8 Å². The summed E-state index contributed by atoms with van der Waals surface area (Å²) in [6.07, 6.45) is 4.15. The number of nitriles is 1. The molecule has 0 aliphatic rings. The Labute approximate surface area is 144 Å². The highest BCUT2D eigenvalue weighted by Gasteiger charge is 2.18. The van der Waals surface area contributed by atoms with Gasteiger partial charge in [0.1, 0.15) is 11.9 Å². The van der Waals surface area contributed by atoms with Gasteiger partial charge in [0.25, 0.3) is 0 Å². The van der Waals surface area contributed by atoms with Crippen LogP contribution in [0, 0.1) is 18.3 Å². The monoisotopic (exact) mass is 335 g/mol. The lowest BCUT2D eigenvalue weighted by Gasteiger charge is -2.13. The molecule has 0 spiro atoms. The molecule has 0 amide bonds. The third-order valence-corrected chi connectivity index (χ3v) is 3.83. The summed E-state index contributed by atoms with van der Waals surface area (Å²) in [6, 6.07) is 5.48. The number of pyridine rings is 1. The number of ketones is 1. The summed E-state index contributed by atoms with van der Waals surface area (Å²) in [6.45, 7) is 3.49. The molecule has 126 valence electrons. The smallest absolute Gasteiger partial charge is 0.155 e. The molecule has 0 saturated heterocycles. The van der Waals surface area contributed by atoms with Crippen LogP contribution in [0.2, 0.25) is 0 Å². The third kappa shape index (κ3) is 3.54. The van der Waals surface area contributed by atoms with Gasteiger partial charge in [-0.3, -0.25) is 9.78 Å². The van der Waals surface area contributed by atoms with Crippen molar-refractivity contribution in [2.45, 2.75) is 32.8 Å². The predicted molar refractivity (Wildman–Crippen MR) is 89.7 cm³/mol. The minimum atomic E-state index is -0.781. The van der Waals surface area contributed by atoms with Crippen molar-refractivity contribution in [2.24, 2.45) is 0 Å². The predicted octanol–water partition coefficient (Wildman–Crippen LogP) is 1.71. The Hall–Kier alpha value is -3.11. The van der Waals surface area contributed by atoms with Gasteiger partial charge >= 0.3 is 0 Å². The molecule has 25 heavy (non-hydrogen) atoms. The van der Waals surface area contributed by atoms with Crippen LogP contribution in [0.5, 0.6) is 0 Å². The number of carbonyl (C=O) groups excluding carboxylic acids is 1. The summed E-state index contributed by atoms with van der Waals surface area (Å²) in [7, 11) is 0. The van der Waals surface area contributed by atoms with E-state index >= 15 is 0 Å². The van der Waals surface area contributed by atoms with E-state index in [1.54, 1.807) is 29.9 Å². The van der Waals surface area contributed by atoms with Crippen molar-refractivity contribution in [3.63, 3.8) is 0 Å². The largest absolute Gasteiger partial charge is 0.387 e. The SMILES string of the molecule is Cc1cc2ncc(CC(=O)Cc3cncc(C#N)c3)c([C@H](C)O)n2n1. The van der Waals surface area contributed by atoms with E-state index < -0.39 is 6.10 Å². The molecule has 3 aromatic heterocycles. The third-order valence-electron chi connectivity index (χ3n) is 3.83. The number of Topliss-reactive ketones (excluding diaryl/α,β-unsaturated/α-hetero) is 1. The molecule has 1 atom stereocenters. The molecule has 0 radical (unpaired) electrons. The fourth-order valence-electron chi connectivity index (χ4n) is 2.83. The van der Waals surface area contributed by atoms with Crippen LogP contribution in [-0.2, 0) is 17.6 Å². The van der Waals surface area contributed by atoms with Crippen molar-refractivity contribution in [1.82, 2.24) is 19.6 Å². The van der Waals surface area contributed by atoms with E-state index in [1.165, 1.54) is 6.20 Å². The van der Waals surface area contributed by atoms with Crippen molar-refractivity contribution in [2.75, 3.05) is 0 Å². The first-order chi connectivity index (χ1) is 12.0. The molecular formula is C18H17N5O2. The minimum Gasteiger partial charge on any atom is -0.387 e. The van der Waals surface area contributed by atoms with E-state index in [2.05, 4.69) is 15.1 Å². The summed E-state index contributed by atoms with van der Waals surface area (Å²) in [5.41, 5.74) is 3.74. The molecule has 3 heterocycles. The second-order valence-corrected chi connectivity index (χ2v) is 5.99. The lowest BCUT2D eigenvalue weighted by molar-refractivity contribution is -0.117. The molecule has 1 N–H and O–H groups in total. The van der Waals surface area contributed by atoms with Crippen LogP contribution in [-0.4, -0.2) is 30.5 Å². The number of aliphatic hydroxyl groups excluding tert-OH is 1. The lowest BCUT2D eigenvalue weighted by Crippen LogP contribution is -2.14. The number of fused-ring (bicyclic) bond motifs is 1. The van der Waals surface area contributed by atoms with Crippen LogP contribution < -0.4 is 0 Å². The lowest BCUT2D eigenvalue weighted by atomic mass is 10.0. The molecular weight excluding hydrogens is 318 g/mol. The van der Waals surface area contributed by atoms with Gasteiger partial charge in [-0.1, -0.05) is 0 Å². The van der Waals surface area contributed by atoms with Crippen LogP contribution in [0.3, 0.4) is 0 Å². The fourth-order valence-corrected chi connectivity index (χ4v) is 2.83. The topological polar surface area (TPSA) is 104 Å². The first kappa shape index (κ1) is 16.7. The van der Waals surface area contributed by atoms with Crippen LogP contribution in [0.25, 0.3) is 5.65 Å². The Balaban J connectivity index is 1.88. The highest BCUT2D eigenvalue weighted by atomic mass is 16.3.